The monoisotopic (exact) mass is 499 g/mol. The molecule has 5 heteroatoms. The van der Waals surface area contributed by atoms with E-state index in [4.69, 9.17) is 9.47 Å². The van der Waals surface area contributed by atoms with Crippen molar-refractivity contribution in [3.05, 3.63) is 118 Å². The number of hydrogen-bond donors (Lipinski definition) is 0. The average Bonchev–Trinajstić information content (AvgIpc) is 3.44. The van der Waals surface area contributed by atoms with Crippen molar-refractivity contribution in [1.29, 1.82) is 0 Å². The van der Waals surface area contributed by atoms with Gasteiger partial charge < -0.3 is 14.4 Å². The fourth-order valence-corrected chi connectivity index (χ4v) is 4.84. The van der Waals surface area contributed by atoms with E-state index in [-0.39, 0.29) is 5.91 Å². The lowest BCUT2D eigenvalue weighted by Crippen LogP contribution is -2.29. The summed E-state index contributed by atoms with van der Waals surface area (Å²) in [5, 5.41) is 2.06. The van der Waals surface area contributed by atoms with Gasteiger partial charge in [0.2, 0.25) is 5.91 Å². The van der Waals surface area contributed by atoms with E-state index in [9.17, 15) is 4.79 Å². The van der Waals surface area contributed by atoms with Gasteiger partial charge in [0.05, 0.1) is 13.7 Å². The molecule has 0 saturated carbocycles. The second kappa shape index (κ2) is 13.5. The van der Waals surface area contributed by atoms with Gasteiger partial charge in [0.25, 0.3) is 0 Å². The number of carbonyl (C=O) groups excluding carboxylic acids is 1. The van der Waals surface area contributed by atoms with Gasteiger partial charge in [-0.15, -0.1) is 11.3 Å². The minimum Gasteiger partial charge on any atom is -0.493 e. The van der Waals surface area contributed by atoms with Crippen LogP contribution in [0.15, 0.2) is 96.4 Å². The molecule has 0 aliphatic carbocycles. The first kappa shape index (κ1) is 25.5. The summed E-state index contributed by atoms with van der Waals surface area (Å²) in [4.78, 5) is 16.4. The molecule has 0 radical (unpaired) electrons. The summed E-state index contributed by atoms with van der Waals surface area (Å²) >= 11 is 1.68. The molecule has 186 valence electrons. The van der Waals surface area contributed by atoms with Crippen LogP contribution < -0.4 is 9.47 Å². The highest BCUT2D eigenvalue weighted by atomic mass is 32.1. The molecule has 36 heavy (non-hydrogen) atoms. The molecule has 1 amide bonds. The predicted molar refractivity (Wildman–Crippen MR) is 146 cm³/mol. The number of thiophene rings is 1. The molecule has 0 spiro atoms. The van der Waals surface area contributed by atoms with E-state index < -0.39 is 0 Å². The molecule has 0 saturated heterocycles. The zero-order valence-electron chi connectivity index (χ0n) is 20.8. The van der Waals surface area contributed by atoms with Crippen molar-refractivity contribution in [3.8, 4) is 11.5 Å². The van der Waals surface area contributed by atoms with Crippen molar-refractivity contribution in [2.75, 3.05) is 7.11 Å². The molecule has 3 aromatic carbocycles. The minimum atomic E-state index is 0.180. The van der Waals surface area contributed by atoms with Gasteiger partial charge in [-0.25, -0.2) is 0 Å². The Kier molecular flexibility index (Phi) is 9.57. The molecule has 1 aromatic heterocycles. The first-order valence-electron chi connectivity index (χ1n) is 12.4. The highest BCUT2D eigenvalue weighted by Gasteiger charge is 2.16. The number of benzene rings is 3. The fourth-order valence-electron chi connectivity index (χ4n) is 4.12. The van der Waals surface area contributed by atoms with Gasteiger partial charge in [-0.05, 0) is 59.5 Å². The SMILES string of the molecule is COc1cc(CN(Cc2cccs2)C(=O)CCCCc2ccccc2)ccc1OCc1ccccc1. The van der Waals surface area contributed by atoms with Crippen LogP contribution in [-0.4, -0.2) is 17.9 Å². The zero-order valence-corrected chi connectivity index (χ0v) is 21.6. The van der Waals surface area contributed by atoms with Gasteiger partial charge in [0, 0.05) is 17.8 Å². The van der Waals surface area contributed by atoms with E-state index in [1.54, 1.807) is 18.4 Å². The number of carbonyl (C=O) groups is 1. The van der Waals surface area contributed by atoms with Crippen LogP contribution in [0, 0.1) is 0 Å². The van der Waals surface area contributed by atoms with Crippen molar-refractivity contribution in [2.24, 2.45) is 0 Å². The highest BCUT2D eigenvalue weighted by Crippen LogP contribution is 2.30. The molecular weight excluding hydrogens is 466 g/mol. The lowest BCUT2D eigenvalue weighted by molar-refractivity contribution is -0.132. The molecule has 4 nitrogen and oxygen atoms in total. The van der Waals surface area contributed by atoms with E-state index in [2.05, 4.69) is 35.7 Å². The van der Waals surface area contributed by atoms with Crippen LogP contribution in [0.25, 0.3) is 0 Å². The maximum Gasteiger partial charge on any atom is 0.223 e. The number of aryl methyl sites for hydroxylation is 1. The van der Waals surface area contributed by atoms with E-state index in [0.717, 1.165) is 30.4 Å². The number of methoxy groups -OCH3 is 1. The van der Waals surface area contributed by atoms with Crippen LogP contribution in [0.2, 0.25) is 0 Å². The molecule has 4 aromatic rings. The zero-order chi connectivity index (χ0) is 25.0. The van der Waals surface area contributed by atoms with Gasteiger partial charge in [-0.2, -0.15) is 0 Å². The lowest BCUT2D eigenvalue weighted by Gasteiger charge is -2.23. The number of unbranched alkanes of at least 4 members (excludes halogenated alkanes) is 1. The minimum absolute atomic E-state index is 0.180. The van der Waals surface area contributed by atoms with Crippen molar-refractivity contribution in [2.45, 2.75) is 45.4 Å². The highest BCUT2D eigenvalue weighted by molar-refractivity contribution is 7.09. The lowest BCUT2D eigenvalue weighted by atomic mass is 10.1. The molecule has 0 N–H and O–H groups in total. The molecule has 0 fully saturated rings. The van der Waals surface area contributed by atoms with Crippen molar-refractivity contribution in [3.63, 3.8) is 0 Å². The summed E-state index contributed by atoms with van der Waals surface area (Å²) in [6.07, 6.45) is 3.43. The number of rotatable bonds is 13. The largest absolute Gasteiger partial charge is 0.493 e. The quantitative estimate of drug-likeness (QED) is 0.182. The molecule has 0 aliphatic heterocycles. The molecular formula is C31H33NO3S. The summed E-state index contributed by atoms with van der Waals surface area (Å²) in [7, 11) is 1.65. The van der Waals surface area contributed by atoms with Gasteiger partial charge in [-0.1, -0.05) is 72.8 Å². The normalized spacial score (nSPS) is 10.7. The Hall–Kier alpha value is -3.57. The van der Waals surface area contributed by atoms with Crippen LogP contribution in [0.3, 0.4) is 0 Å². The maximum atomic E-state index is 13.2. The second-order valence-electron chi connectivity index (χ2n) is 8.78. The Bertz CT molecular complexity index is 1190. The predicted octanol–water partition coefficient (Wildman–Crippen LogP) is 7.28. The van der Waals surface area contributed by atoms with E-state index >= 15 is 0 Å². The average molecular weight is 500 g/mol. The summed E-state index contributed by atoms with van der Waals surface area (Å²) < 4.78 is 11.6. The topological polar surface area (TPSA) is 38.8 Å². The summed E-state index contributed by atoms with van der Waals surface area (Å²) in [5.74, 6) is 1.55. The standard InChI is InChI=1S/C31H33NO3S/c1-34-30-21-27(18-19-29(30)35-24-26-14-6-3-7-15-26)22-32(23-28-16-10-20-36-28)31(33)17-9-8-13-25-11-4-2-5-12-25/h2-7,10-12,14-16,18-21H,8-9,13,17,22-24H2,1H3. The number of nitrogens with zero attached hydrogens (tertiary/aromatic N) is 1. The van der Waals surface area contributed by atoms with Gasteiger partial charge >= 0.3 is 0 Å². The van der Waals surface area contributed by atoms with Crippen molar-refractivity contribution >= 4 is 17.2 Å². The van der Waals surface area contributed by atoms with Crippen LogP contribution in [0.5, 0.6) is 11.5 Å². The summed E-state index contributed by atoms with van der Waals surface area (Å²) in [6.45, 7) is 1.62. The van der Waals surface area contributed by atoms with Gasteiger partial charge in [0.1, 0.15) is 6.61 Å². The Morgan fingerprint density at radius 2 is 1.53 bits per heavy atom. The molecule has 1 heterocycles. The molecule has 0 bridgehead atoms. The van der Waals surface area contributed by atoms with Gasteiger partial charge in [-0.3, -0.25) is 4.79 Å². The first-order valence-corrected chi connectivity index (χ1v) is 13.3. The third-order valence-corrected chi connectivity index (χ3v) is 6.93. The third kappa shape index (κ3) is 7.72. The third-order valence-electron chi connectivity index (χ3n) is 6.07. The summed E-state index contributed by atoms with van der Waals surface area (Å²) in [5.41, 5.74) is 3.44. The van der Waals surface area contributed by atoms with Crippen LogP contribution in [-0.2, 0) is 30.9 Å². The Labute approximate surface area is 218 Å². The fraction of sp³-hybridized carbons (Fsp3) is 0.258. The van der Waals surface area contributed by atoms with Crippen molar-refractivity contribution < 1.29 is 14.3 Å². The molecule has 0 atom stereocenters. The summed E-state index contributed by atoms with van der Waals surface area (Å²) in [6, 6.07) is 30.6. The Morgan fingerprint density at radius 3 is 2.22 bits per heavy atom. The Morgan fingerprint density at radius 1 is 0.778 bits per heavy atom. The van der Waals surface area contributed by atoms with Crippen molar-refractivity contribution in [1.82, 2.24) is 4.90 Å². The molecule has 0 unspecified atom stereocenters. The number of amides is 1. The van der Waals surface area contributed by atoms with E-state index in [1.807, 2.05) is 65.6 Å². The molecule has 4 rings (SSSR count). The molecule has 0 aliphatic rings. The van der Waals surface area contributed by atoms with Crippen LogP contribution in [0.4, 0.5) is 0 Å². The smallest absolute Gasteiger partial charge is 0.223 e. The second-order valence-corrected chi connectivity index (χ2v) is 9.81. The Balaban J connectivity index is 1.38. The van der Waals surface area contributed by atoms with Crippen LogP contribution >= 0.6 is 11.3 Å². The van der Waals surface area contributed by atoms with E-state index in [1.165, 1.54) is 10.4 Å². The van der Waals surface area contributed by atoms with E-state index in [0.29, 0.717) is 37.6 Å². The van der Waals surface area contributed by atoms with Crippen LogP contribution in [0.1, 0.15) is 40.8 Å². The van der Waals surface area contributed by atoms with Gasteiger partial charge in [0.15, 0.2) is 11.5 Å². The maximum absolute atomic E-state index is 13.2. The first-order chi connectivity index (χ1) is 17.7. The number of ether oxygens (including phenoxy) is 2. The number of hydrogen-bond acceptors (Lipinski definition) is 4.